The summed E-state index contributed by atoms with van der Waals surface area (Å²) < 4.78 is 0. The van der Waals surface area contributed by atoms with E-state index >= 15 is 0 Å². The van der Waals surface area contributed by atoms with Crippen LogP contribution < -0.4 is 5.73 Å². The van der Waals surface area contributed by atoms with Crippen LogP contribution in [0.25, 0.3) is 0 Å². The lowest BCUT2D eigenvalue weighted by atomic mass is 10.0. The van der Waals surface area contributed by atoms with Crippen LogP contribution in [0.3, 0.4) is 0 Å². The molecule has 1 aliphatic heterocycles. The Hall–Kier alpha value is -1.49. The van der Waals surface area contributed by atoms with Gasteiger partial charge in [-0.25, -0.2) is 9.97 Å². The number of nitrogens with zero attached hydrogens (tertiary/aromatic N) is 3. The van der Waals surface area contributed by atoms with E-state index in [4.69, 9.17) is 5.73 Å². The van der Waals surface area contributed by atoms with Gasteiger partial charge >= 0.3 is 0 Å². The van der Waals surface area contributed by atoms with Gasteiger partial charge in [0, 0.05) is 31.0 Å². The Morgan fingerprint density at radius 2 is 2.07 bits per heavy atom. The molecule has 1 unspecified atom stereocenters. The predicted octanol–water partition coefficient (Wildman–Crippen LogP) is 0.0171. The van der Waals surface area contributed by atoms with Gasteiger partial charge < -0.3 is 5.73 Å². The first kappa shape index (κ1) is 10.0. The van der Waals surface area contributed by atoms with Crippen LogP contribution in [-0.4, -0.2) is 33.9 Å². The molecule has 80 valence electrons. The molecule has 1 amide bonds. The van der Waals surface area contributed by atoms with Gasteiger partial charge in [-0.1, -0.05) is 0 Å². The molecule has 1 fully saturated rings. The Kier molecular flexibility index (Phi) is 2.64. The third-order valence-corrected chi connectivity index (χ3v) is 2.64. The Morgan fingerprint density at radius 1 is 1.47 bits per heavy atom. The average molecular weight is 206 g/mol. The number of amides is 1. The van der Waals surface area contributed by atoms with Crippen LogP contribution in [0.4, 0.5) is 0 Å². The van der Waals surface area contributed by atoms with Crippen LogP contribution in [0.1, 0.15) is 23.9 Å². The van der Waals surface area contributed by atoms with E-state index in [2.05, 4.69) is 9.97 Å². The lowest BCUT2D eigenvalue weighted by Crippen LogP contribution is -2.45. The standard InChI is InChI=1S/C10H14N4O/c1-7-12-5-8(6-13-7)9(10(11)15)14-3-2-4-14/h5-6,9H,2-4H2,1H3,(H2,11,15). The first-order valence-corrected chi connectivity index (χ1v) is 5.00. The molecule has 0 bridgehead atoms. The second-order valence-corrected chi connectivity index (χ2v) is 3.76. The van der Waals surface area contributed by atoms with Gasteiger partial charge in [0.1, 0.15) is 11.9 Å². The van der Waals surface area contributed by atoms with Crippen molar-refractivity contribution in [2.24, 2.45) is 5.73 Å². The number of aryl methyl sites for hydroxylation is 1. The lowest BCUT2D eigenvalue weighted by molar-refractivity contribution is -0.125. The van der Waals surface area contributed by atoms with Crippen molar-refractivity contribution in [1.82, 2.24) is 14.9 Å². The van der Waals surface area contributed by atoms with Crippen molar-refractivity contribution in [2.75, 3.05) is 13.1 Å². The highest BCUT2D eigenvalue weighted by molar-refractivity contribution is 5.81. The van der Waals surface area contributed by atoms with Crippen molar-refractivity contribution in [3.05, 3.63) is 23.8 Å². The van der Waals surface area contributed by atoms with Gasteiger partial charge in [-0.05, 0) is 13.3 Å². The van der Waals surface area contributed by atoms with E-state index in [-0.39, 0.29) is 11.9 Å². The van der Waals surface area contributed by atoms with Gasteiger partial charge in [0.25, 0.3) is 0 Å². The number of rotatable bonds is 3. The van der Waals surface area contributed by atoms with Crippen molar-refractivity contribution < 1.29 is 4.79 Å². The molecule has 2 heterocycles. The van der Waals surface area contributed by atoms with E-state index in [1.165, 1.54) is 0 Å². The van der Waals surface area contributed by atoms with Crippen LogP contribution in [0.15, 0.2) is 12.4 Å². The van der Waals surface area contributed by atoms with Gasteiger partial charge in [0.2, 0.25) is 5.91 Å². The number of hydrogen-bond donors (Lipinski definition) is 1. The maximum Gasteiger partial charge on any atom is 0.239 e. The second kappa shape index (κ2) is 3.94. The van der Waals surface area contributed by atoms with Crippen molar-refractivity contribution in [3.8, 4) is 0 Å². The molecule has 5 heteroatoms. The zero-order valence-electron chi connectivity index (χ0n) is 8.68. The number of carbonyl (C=O) groups is 1. The van der Waals surface area contributed by atoms with Gasteiger partial charge in [-0.3, -0.25) is 9.69 Å². The van der Waals surface area contributed by atoms with Gasteiger partial charge in [-0.2, -0.15) is 0 Å². The molecule has 0 saturated carbocycles. The largest absolute Gasteiger partial charge is 0.368 e. The number of aromatic nitrogens is 2. The summed E-state index contributed by atoms with van der Waals surface area (Å²) in [6.45, 7) is 3.65. The van der Waals surface area contributed by atoms with E-state index in [0.717, 1.165) is 25.1 Å². The zero-order chi connectivity index (χ0) is 10.8. The molecule has 5 nitrogen and oxygen atoms in total. The molecule has 0 spiro atoms. The molecule has 0 aromatic carbocycles. The molecule has 2 rings (SSSR count). The molecule has 1 aromatic rings. The van der Waals surface area contributed by atoms with E-state index < -0.39 is 0 Å². The minimum absolute atomic E-state index is 0.331. The van der Waals surface area contributed by atoms with E-state index in [1.54, 1.807) is 12.4 Å². The highest BCUT2D eigenvalue weighted by Gasteiger charge is 2.30. The summed E-state index contributed by atoms with van der Waals surface area (Å²) in [5, 5.41) is 0. The highest BCUT2D eigenvalue weighted by Crippen LogP contribution is 2.24. The van der Waals surface area contributed by atoms with Crippen molar-refractivity contribution in [3.63, 3.8) is 0 Å². The fourth-order valence-corrected chi connectivity index (χ4v) is 1.70. The highest BCUT2D eigenvalue weighted by atomic mass is 16.1. The molecule has 1 aliphatic rings. The fraction of sp³-hybridized carbons (Fsp3) is 0.500. The topological polar surface area (TPSA) is 72.1 Å². The molecule has 1 saturated heterocycles. The summed E-state index contributed by atoms with van der Waals surface area (Å²) in [5.74, 6) is 0.368. The summed E-state index contributed by atoms with van der Waals surface area (Å²) in [4.78, 5) is 21.5. The van der Waals surface area contributed by atoms with Gasteiger partial charge in [0.05, 0.1) is 0 Å². The van der Waals surface area contributed by atoms with Gasteiger partial charge in [-0.15, -0.1) is 0 Å². The van der Waals surface area contributed by atoms with E-state index in [9.17, 15) is 4.79 Å². The molecule has 0 radical (unpaired) electrons. The Balaban J connectivity index is 2.23. The molecule has 2 N–H and O–H groups in total. The first-order chi connectivity index (χ1) is 7.18. The van der Waals surface area contributed by atoms with E-state index in [1.807, 2.05) is 11.8 Å². The summed E-state index contributed by atoms with van der Waals surface area (Å²) in [5.41, 5.74) is 6.17. The summed E-state index contributed by atoms with van der Waals surface area (Å²) >= 11 is 0. The molecular formula is C10H14N4O. The minimum Gasteiger partial charge on any atom is -0.368 e. The first-order valence-electron chi connectivity index (χ1n) is 5.00. The van der Waals surface area contributed by atoms with Gasteiger partial charge in [0.15, 0.2) is 0 Å². The van der Waals surface area contributed by atoms with E-state index in [0.29, 0.717) is 5.82 Å². The second-order valence-electron chi connectivity index (χ2n) is 3.76. The maximum atomic E-state index is 11.3. The van der Waals surface area contributed by atoms with Crippen molar-refractivity contribution >= 4 is 5.91 Å². The Morgan fingerprint density at radius 3 is 2.47 bits per heavy atom. The summed E-state index contributed by atoms with van der Waals surface area (Å²) in [7, 11) is 0. The zero-order valence-corrected chi connectivity index (χ0v) is 8.68. The number of nitrogens with two attached hydrogens (primary N) is 1. The van der Waals surface area contributed by atoms with Crippen molar-refractivity contribution in [2.45, 2.75) is 19.4 Å². The molecule has 1 atom stereocenters. The summed E-state index contributed by atoms with van der Waals surface area (Å²) in [6, 6.07) is -0.362. The normalized spacial score (nSPS) is 18.2. The van der Waals surface area contributed by atoms with Crippen LogP contribution >= 0.6 is 0 Å². The maximum absolute atomic E-state index is 11.3. The monoisotopic (exact) mass is 206 g/mol. The third kappa shape index (κ3) is 1.97. The number of likely N-dealkylation sites (tertiary alicyclic amines) is 1. The molecular weight excluding hydrogens is 192 g/mol. The average Bonchev–Trinajstić information content (AvgIpc) is 2.12. The number of primary amides is 1. The minimum atomic E-state index is -0.362. The van der Waals surface area contributed by atoms with Crippen LogP contribution in [0.2, 0.25) is 0 Å². The number of carbonyl (C=O) groups excluding carboxylic acids is 1. The Bertz CT molecular complexity index is 358. The van der Waals surface area contributed by atoms with Crippen LogP contribution in [-0.2, 0) is 4.79 Å². The molecule has 1 aromatic heterocycles. The SMILES string of the molecule is Cc1ncc(C(C(N)=O)N2CCC2)cn1. The third-order valence-electron chi connectivity index (χ3n) is 2.64. The molecule has 0 aliphatic carbocycles. The Labute approximate surface area is 88.3 Å². The number of hydrogen-bond acceptors (Lipinski definition) is 4. The lowest BCUT2D eigenvalue weighted by Gasteiger charge is -2.36. The molecule has 15 heavy (non-hydrogen) atoms. The van der Waals surface area contributed by atoms with Crippen molar-refractivity contribution in [1.29, 1.82) is 0 Å². The summed E-state index contributed by atoms with van der Waals surface area (Å²) in [6.07, 6.45) is 4.47. The quantitative estimate of drug-likeness (QED) is 0.756. The smallest absolute Gasteiger partial charge is 0.239 e. The predicted molar refractivity (Wildman–Crippen MR) is 54.9 cm³/mol. The fourth-order valence-electron chi connectivity index (χ4n) is 1.70. The van der Waals surface area contributed by atoms with Crippen LogP contribution in [0, 0.1) is 6.92 Å². The van der Waals surface area contributed by atoms with Crippen LogP contribution in [0.5, 0.6) is 0 Å².